The largest absolute Gasteiger partial charge is 0.192 e. The Hall–Kier alpha value is -5.53. The van der Waals surface area contributed by atoms with Crippen molar-refractivity contribution in [1.82, 2.24) is 0 Å². The Morgan fingerprint density at radius 2 is 0.935 bits per heavy atom. The molecule has 0 fully saturated rings. The van der Waals surface area contributed by atoms with Gasteiger partial charge in [0.25, 0.3) is 0 Å². The molecule has 0 amide bonds. The van der Waals surface area contributed by atoms with Gasteiger partial charge in [0.15, 0.2) is 0 Å². The third-order valence-corrected chi connectivity index (χ3v) is 11.2. The quantitative estimate of drug-likeness (QED) is 0.192. The summed E-state index contributed by atoms with van der Waals surface area (Å²) >= 11 is 3.68. The van der Waals surface area contributed by atoms with E-state index >= 15 is 0 Å². The summed E-state index contributed by atoms with van der Waals surface area (Å²) in [4.78, 5) is 0. The van der Waals surface area contributed by atoms with Crippen molar-refractivity contribution in [3.63, 3.8) is 0 Å². The average molecular weight is 620 g/mol. The third-order valence-electron chi connectivity index (χ3n) is 8.93. The van der Waals surface area contributed by atoms with E-state index in [1.54, 1.807) is 0 Å². The van der Waals surface area contributed by atoms with Gasteiger partial charge in [0.05, 0.1) is 5.56 Å². The number of nitrogens with zero attached hydrogens (tertiary/aromatic N) is 1. The van der Waals surface area contributed by atoms with Crippen molar-refractivity contribution in [3.8, 4) is 50.6 Å². The van der Waals surface area contributed by atoms with Crippen LogP contribution < -0.4 is 0 Å². The fraction of sp³-hybridized carbons (Fsp3) is 0. The van der Waals surface area contributed by atoms with Gasteiger partial charge in [-0.15, -0.1) is 22.7 Å². The fourth-order valence-electron chi connectivity index (χ4n) is 6.80. The minimum Gasteiger partial charge on any atom is -0.192 e. The first-order chi connectivity index (χ1) is 22.7. The number of thiophene rings is 2. The van der Waals surface area contributed by atoms with Crippen molar-refractivity contribution in [2.75, 3.05) is 0 Å². The second-order valence-electron chi connectivity index (χ2n) is 11.6. The van der Waals surface area contributed by atoms with Gasteiger partial charge in [-0.1, -0.05) is 103 Å². The van der Waals surface area contributed by atoms with Crippen molar-refractivity contribution in [1.29, 1.82) is 5.26 Å². The smallest absolute Gasteiger partial charge is 0.100 e. The summed E-state index contributed by atoms with van der Waals surface area (Å²) in [6, 6.07) is 56.7. The van der Waals surface area contributed by atoms with Gasteiger partial charge in [0, 0.05) is 51.5 Å². The van der Waals surface area contributed by atoms with E-state index < -0.39 is 0 Å². The zero-order chi connectivity index (χ0) is 30.6. The Kier molecular flexibility index (Phi) is 6.31. The molecule has 1 nitrogen and oxygen atoms in total. The van der Waals surface area contributed by atoms with Crippen LogP contribution in [0.3, 0.4) is 0 Å². The first-order valence-electron chi connectivity index (χ1n) is 15.3. The van der Waals surface area contributed by atoms with Gasteiger partial charge in [-0.25, -0.2) is 0 Å². The van der Waals surface area contributed by atoms with Gasteiger partial charge in [-0.3, -0.25) is 0 Å². The van der Waals surface area contributed by atoms with Gasteiger partial charge in [-0.05, 0) is 81.9 Å². The van der Waals surface area contributed by atoms with Gasteiger partial charge in [0.2, 0.25) is 0 Å². The van der Waals surface area contributed by atoms with Crippen LogP contribution >= 0.6 is 22.7 Å². The van der Waals surface area contributed by atoms with Crippen molar-refractivity contribution in [3.05, 3.63) is 157 Å². The lowest BCUT2D eigenvalue weighted by Crippen LogP contribution is -1.92. The second-order valence-corrected chi connectivity index (χ2v) is 13.8. The number of hydrogen-bond donors (Lipinski definition) is 0. The van der Waals surface area contributed by atoms with E-state index in [2.05, 4.69) is 140 Å². The van der Waals surface area contributed by atoms with Crippen LogP contribution in [0.1, 0.15) is 5.56 Å². The number of fused-ring (bicyclic) bond motifs is 6. The highest BCUT2D eigenvalue weighted by atomic mass is 32.1. The third kappa shape index (κ3) is 4.35. The molecule has 0 atom stereocenters. The molecule has 0 saturated heterocycles. The van der Waals surface area contributed by atoms with Crippen molar-refractivity contribution >= 4 is 63.0 Å². The highest BCUT2D eigenvalue weighted by Crippen LogP contribution is 2.44. The predicted octanol–water partition coefficient (Wildman–Crippen LogP) is 13.0. The molecular formula is C43H25NS2. The zero-order valence-corrected chi connectivity index (χ0v) is 26.3. The first-order valence-corrected chi connectivity index (χ1v) is 16.9. The van der Waals surface area contributed by atoms with E-state index in [0.29, 0.717) is 5.56 Å². The number of rotatable bonds is 4. The van der Waals surface area contributed by atoms with Gasteiger partial charge < -0.3 is 0 Å². The van der Waals surface area contributed by atoms with Crippen LogP contribution in [0.25, 0.3) is 84.9 Å². The maximum atomic E-state index is 10.6. The molecule has 0 N–H and O–H groups in total. The summed E-state index contributed by atoms with van der Waals surface area (Å²) in [6.07, 6.45) is 0. The molecule has 0 saturated carbocycles. The molecule has 9 aromatic rings. The topological polar surface area (TPSA) is 23.8 Å². The SMILES string of the molecule is N#Cc1c(-c2ccccc2)cccc1-c1cc(-c2ccc3sc4ccccc4c3c2)cc(-c2cccc3sc4ccccc4c23)c1. The lowest BCUT2D eigenvalue weighted by Gasteiger charge is -2.15. The summed E-state index contributed by atoms with van der Waals surface area (Å²) in [6.45, 7) is 0. The minimum absolute atomic E-state index is 0.690. The summed E-state index contributed by atoms with van der Waals surface area (Å²) in [5.41, 5.74) is 9.31. The van der Waals surface area contributed by atoms with Crippen LogP contribution in [-0.4, -0.2) is 0 Å². The highest BCUT2D eigenvalue weighted by Gasteiger charge is 2.17. The minimum atomic E-state index is 0.690. The molecule has 2 aromatic heterocycles. The second kappa shape index (κ2) is 10.8. The molecule has 46 heavy (non-hydrogen) atoms. The molecule has 7 aromatic carbocycles. The van der Waals surface area contributed by atoms with Crippen LogP contribution in [-0.2, 0) is 0 Å². The Balaban J connectivity index is 1.33. The molecule has 0 spiro atoms. The maximum absolute atomic E-state index is 10.6. The summed E-state index contributed by atoms with van der Waals surface area (Å²) in [5.74, 6) is 0. The van der Waals surface area contributed by atoms with Crippen LogP contribution in [0.4, 0.5) is 0 Å². The molecule has 0 aliphatic carbocycles. The van der Waals surface area contributed by atoms with E-state index in [0.717, 1.165) is 33.4 Å². The van der Waals surface area contributed by atoms with Crippen LogP contribution in [0.2, 0.25) is 0 Å². The summed E-state index contributed by atoms with van der Waals surface area (Å²) < 4.78 is 5.16. The monoisotopic (exact) mass is 619 g/mol. The first kappa shape index (κ1) is 26.8. The molecule has 2 heterocycles. The van der Waals surface area contributed by atoms with Crippen molar-refractivity contribution < 1.29 is 0 Å². The Labute approximate surface area is 274 Å². The lowest BCUT2D eigenvalue weighted by atomic mass is 9.88. The number of hydrogen-bond acceptors (Lipinski definition) is 3. The molecule has 0 bridgehead atoms. The Morgan fingerprint density at radius 1 is 0.370 bits per heavy atom. The van der Waals surface area contributed by atoms with Crippen molar-refractivity contribution in [2.24, 2.45) is 0 Å². The summed E-state index contributed by atoms with van der Waals surface area (Å²) in [7, 11) is 0. The number of benzene rings is 7. The van der Waals surface area contributed by atoms with Crippen molar-refractivity contribution in [2.45, 2.75) is 0 Å². The molecule has 0 unspecified atom stereocenters. The fourth-order valence-corrected chi connectivity index (χ4v) is 9.02. The standard InChI is InChI=1S/C43H25NS2/c44-26-38-32(27-10-2-1-3-11-27)14-8-15-33(38)30-22-29(28-20-21-41-37(25-28)35-12-4-6-17-39(35)45-41)23-31(24-30)34-16-9-19-42-43(34)36-13-5-7-18-40(36)46-42/h1-25H. The maximum Gasteiger partial charge on any atom is 0.100 e. The normalized spacial score (nSPS) is 11.5. The highest BCUT2D eigenvalue weighted by molar-refractivity contribution is 7.26. The van der Waals surface area contributed by atoms with Crippen LogP contribution in [0.15, 0.2) is 152 Å². The average Bonchev–Trinajstić information content (AvgIpc) is 3.69. The van der Waals surface area contributed by atoms with Gasteiger partial charge in [-0.2, -0.15) is 5.26 Å². The zero-order valence-electron chi connectivity index (χ0n) is 24.7. The molecule has 9 rings (SSSR count). The van der Waals surface area contributed by atoms with E-state index in [-0.39, 0.29) is 0 Å². The molecule has 0 aliphatic rings. The Bertz CT molecular complexity index is 2650. The van der Waals surface area contributed by atoms with Crippen LogP contribution in [0, 0.1) is 11.3 Å². The van der Waals surface area contributed by atoms with E-state index in [4.69, 9.17) is 0 Å². The lowest BCUT2D eigenvalue weighted by molar-refractivity contribution is 1.47. The van der Waals surface area contributed by atoms with Gasteiger partial charge in [0.1, 0.15) is 6.07 Å². The molecular weight excluding hydrogens is 595 g/mol. The predicted molar refractivity (Wildman–Crippen MR) is 199 cm³/mol. The van der Waals surface area contributed by atoms with E-state index in [9.17, 15) is 5.26 Å². The van der Waals surface area contributed by atoms with Crippen LogP contribution in [0.5, 0.6) is 0 Å². The van der Waals surface area contributed by atoms with Gasteiger partial charge >= 0.3 is 0 Å². The molecule has 0 radical (unpaired) electrons. The van der Waals surface area contributed by atoms with E-state index in [1.807, 2.05) is 40.9 Å². The number of nitriles is 1. The summed E-state index contributed by atoms with van der Waals surface area (Å²) in [5, 5.41) is 15.7. The molecule has 214 valence electrons. The van der Waals surface area contributed by atoms with E-state index in [1.165, 1.54) is 51.5 Å². The Morgan fingerprint density at radius 3 is 1.74 bits per heavy atom. The molecule has 0 aliphatic heterocycles. The molecule has 3 heteroatoms.